The zero-order valence-electron chi connectivity index (χ0n) is 20.9. The van der Waals surface area contributed by atoms with Gasteiger partial charge in [-0.15, -0.1) is 0 Å². The molecule has 1 aromatic carbocycles. The number of thiazole rings is 1. The maximum Gasteiger partial charge on any atom is 0.280 e. The third kappa shape index (κ3) is 4.52. The molecule has 8 nitrogen and oxygen atoms in total. The summed E-state index contributed by atoms with van der Waals surface area (Å²) in [5.41, 5.74) is 1.88. The summed E-state index contributed by atoms with van der Waals surface area (Å²) in [5, 5.41) is 5.96. The molecular weight excluding hydrogens is 491 g/mol. The minimum absolute atomic E-state index is 0.0483. The maximum atomic E-state index is 13.5. The molecule has 7 rings (SSSR count). The van der Waals surface area contributed by atoms with Crippen molar-refractivity contribution in [1.82, 2.24) is 24.5 Å². The van der Waals surface area contributed by atoms with E-state index in [1.165, 1.54) is 23.5 Å². The van der Waals surface area contributed by atoms with Crippen LogP contribution in [0.3, 0.4) is 0 Å². The first-order chi connectivity index (χ1) is 18.0. The van der Waals surface area contributed by atoms with E-state index in [2.05, 4.69) is 15.3 Å². The number of fused-ring (bicyclic) bond motifs is 4. The number of hydrogen-bond acceptors (Lipinski definition) is 7. The molecule has 3 aromatic heterocycles. The van der Waals surface area contributed by atoms with Crippen molar-refractivity contribution < 1.29 is 9.13 Å². The summed E-state index contributed by atoms with van der Waals surface area (Å²) < 4.78 is 21.0. The number of H-pyrrole nitrogens is 1. The molecule has 0 amide bonds. The molecule has 0 spiro atoms. The predicted molar refractivity (Wildman–Crippen MR) is 142 cm³/mol. The van der Waals surface area contributed by atoms with E-state index >= 15 is 0 Å². The number of rotatable bonds is 9. The van der Waals surface area contributed by atoms with Gasteiger partial charge in [0.2, 0.25) is 5.95 Å². The van der Waals surface area contributed by atoms with Crippen molar-refractivity contribution in [2.75, 3.05) is 11.9 Å². The van der Waals surface area contributed by atoms with Gasteiger partial charge < -0.3 is 15.0 Å². The lowest BCUT2D eigenvalue weighted by atomic mass is 9.53. The number of benzene rings is 1. The molecule has 2 bridgehead atoms. The van der Waals surface area contributed by atoms with Crippen molar-refractivity contribution in [2.45, 2.75) is 70.4 Å². The van der Waals surface area contributed by atoms with Crippen molar-refractivity contribution in [3.63, 3.8) is 0 Å². The molecule has 0 aliphatic heterocycles. The van der Waals surface area contributed by atoms with Crippen molar-refractivity contribution in [1.29, 1.82) is 0 Å². The lowest BCUT2D eigenvalue weighted by Gasteiger charge is -2.52. The van der Waals surface area contributed by atoms with Crippen LogP contribution in [-0.2, 0) is 18.5 Å². The maximum absolute atomic E-state index is 13.5. The van der Waals surface area contributed by atoms with Gasteiger partial charge in [0.1, 0.15) is 11.6 Å². The van der Waals surface area contributed by atoms with E-state index in [0.717, 1.165) is 61.5 Å². The van der Waals surface area contributed by atoms with Gasteiger partial charge in [-0.1, -0.05) is 30.4 Å². The van der Waals surface area contributed by atoms with Gasteiger partial charge in [0.05, 0.1) is 6.61 Å². The smallest absolute Gasteiger partial charge is 0.280 e. The second kappa shape index (κ2) is 9.55. The molecule has 3 fully saturated rings. The number of aromatic amines is 1. The van der Waals surface area contributed by atoms with Crippen molar-refractivity contribution in [3.8, 4) is 5.19 Å². The number of aromatic nitrogens is 5. The average molecular weight is 523 g/mol. The van der Waals surface area contributed by atoms with E-state index in [0.29, 0.717) is 36.8 Å². The summed E-state index contributed by atoms with van der Waals surface area (Å²) in [6.07, 6.45) is 8.87. The number of nitrogens with one attached hydrogen (secondary N) is 2. The summed E-state index contributed by atoms with van der Waals surface area (Å²) in [6.45, 7) is 3.73. The SMILES string of the molecule is CCCn1c(NCc2ccc(F)cc2)nc2nc(C34CCC(COc5nccs5)(CC3)CC4)[nH]c2c1=O. The summed E-state index contributed by atoms with van der Waals surface area (Å²) in [7, 11) is 0. The van der Waals surface area contributed by atoms with Gasteiger partial charge in [-0.3, -0.25) is 9.36 Å². The Morgan fingerprint density at radius 2 is 1.89 bits per heavy atom. The first-order valence-electron chi connectivity index (χ1n) is 13.0. The second-order valence-corrected chi connectivity index (χ2v) is 11.4. The summed E-state index contributed by atoms with van der Waals surface area (Å²) in [5.74, 6) is 1.11. The lowest BCUT2D eigenvalue weighted by molar-refractivity contribution is -0.00145. The molecule has 3 aliphatic carbocycles. The molecule has 194 valence electrons. The van der Waals surface area contributed by atoms with Crippen LogP contribution >= 0.6 is 11.3 Å². The fourth-order valence-electron chi connectivity index (χ4n) is 5.92. The molecule has 0 unspecified atom stereocenters. The van der Waals surface area contributed by atoms with E-state index in [9.17, 15) is 9.18 Å². The highest BCUT2D eigenvalue weighted by Crippen LogP contribution is 2.57. The largest absolute Gasteiger partial charge is 0.469 e. The predicted octanol–water partition coefficient (Wildman–Crippen LogP) is 5.41. The molecule has 37 heavy (non-hydrogen) atoms. The van der Waals surface area contributed by atoms with Gasteiger partial charge >= 0.3 is 0 Å². The van der Waals surface area contributed by atoms with E-state index in [1.807, 2.05) is 12.3 Å². The van der Waals surface area contributed by atoms with Crippen LogP contribution in [0.1, 0.15) is 63.3 Å². The van der Waals surface area contributed by atoms with E-state index in [4.69, 9.17) is 14.7 Å². The van der Waals surface area contributed by atoms with Crippen LogP contribution in [0.25, 0.3) is 11.2 Å². The molecule has 2 N–H and O–H groups in total. The number of nitrogens with zero attached hydrogens (tertiary/aromatic N) is 4. The Bertz CT molecular complexity index is 1420. The van der Waals surface area contributed by atoms with Crippen molar-refractivity contribution in [3.05, 3.63) is 63.4 Å². The monoisotopic (exact) mass is 522 g/mol. The van der Waals surface area contributed by atoms with Crippen LogP contribution in [0, 0.1) is 11.2 Å². The van der Waals surface area contributed by atoms with Gasteiger partial charge in [-0.05, 0) is 62.6 Å². The first-order valence-corrected chi connectivity index (χ1v) is 13.9. The van der Waals surface area contributed by atoms with Gasteiger partial charge in [-0.2, -0.15) is 4.98 Å². The van der Waals surface area contributed by atoms with Crippen LogP contribution < -0.4 is 15.6 Å². The highest BCUT2D eigenvalue weighted by atomic mass is 32.1. The molecule has 3 saturated carbocycles. The Morgan fingerprint density at radius 1 is 1.14 bits per heavy atom. The fourth-order valence-corrected chi connectivity index (χ4v) is 6.40. The number of ether oxygens (including phenoxy) is 1. The zero-order valence-corrected chi connectivity index (χ0v) is 21.7. The van der Waals surface area contributed by atoms with Gasteiger partial charge in [0, 0.05) is 35.5 Å². The van der Waals surface area contributed by atoms with Crippen LogP contribution in [0.4, 0.5) is 10.3 Å². The van der Waals surface area contributed by atoms with E-state index in [-0.39, 0.29) is 22.2 Å². The Hall–Kier alpha value is -3.27. The first kappa shape index (κ1) is 24.1. The molecule has 3 aliphatic rings. The van der Waals surface area contributed by atoms with Crippen LogP contribution in [0.15, 0.2) is 40.6 Å². The highest BCUT2D eigenvalue weighted by Gasteiger charge is 2.51. The molecule has 10 heteroatoms. The quantitative estimate of drug-likeness (QED) is 0.305. The third-order valence-electron chi connectivity index (χ3n) is 8.24. The summed E-state index contributed by atoms with van der Waals surface area (Å²) in [6, 6.07) is 6.31. The van der Waals surface area contributed by atoms with Crippen LogP contribution in [-0.4, -0.2) is 31.1 Å². The number of halogens is 1. The highest BCUT2D eigenvalue weighted by molar-refractivity contribution is 7.11. The molecule has 4 aromatic rings. The molecular formula is C27H31FN6O2S. The van der Waals surface area contributed by atoms with Gasteiger partial charge in [0.25, 0.3) is 10.8 Å². The average Bonchev–Trinajstić information content (AvgIpc) is 3.61. The van der Waals surface area contributed by atoms with Crippen LogP contribution in [0.2, 0.25) is 0 Å². The Morgan fingerprint density at radius 3 is 2.57 bits per heavy atom. The second-order valence-electron chi connectivity index (χ2n) is 10.5. The third-order valence-corrected chi connectivity index (χ3v) is 8.92. The molecule has 0 saturated heterocycles. The minimum Gasteiger partial charge on any atom is -0.469 e. The Kier molecular flexibility index (Phi) is 6.22. The topological polar surface area (TPSA) is 97.7 Å². The number of anilines is 1. The summed E-state index contributed by atoms with van der Waals surface area (Å²) in [4.78, 5) is 30.8. The standard InChI is InChI=1S/C27H31FN6O2S/c1-2-14-34-22(35)20-21(33-24(34)30-16-18-3-5-19(28)6-4-18)32-23(31-20)27-10-7-26(8-11-27,9-12-27)17-36-25-29-13-15-37-25/h3-6,13,15H,2,7-12,14,16-17H2,1H3,(H,30,33)(H,31,32). The minimum atomic E-state index is -0.274. The summed E-state index contributed by atoms with van der Waals surface area (Å²) >= 11 is 1.53. The Labute approximate surface area is 218 Å². The van der Waals surface area contributed by atoms with Crippen molar-refractivity contribution >= 4 is 28.4 Å². The van der Waals surface area contributed by atoms with E-state index < -0.39 is 0 Å². The zero-order chi connectivity index (χ0) is 25.5. The number of hydrogen-bond donors (Lipinski definition) is 2. The lowest BCUT2D eigenvalue weighted by Crippen LogP contribution is -2.47. The normalized spacial score (nSPS) is 23.0. The Balaban J connectivity index is 1.24. The molecule has 0 radical (unpaired) electrons. The molecule has 0 atom stereocenters. The fraction of sp³-hybridized carbons (Fsp3) is 0.481. The van der Waals surface area contributed by atoms with E-state index in [1.54, 1.807) is 22.9 Å². The van der Waals surface area contributed by atoms with Gasteiger partial charge in [-0.25, -0.2) is 14.4 Å². The van der Waals surface area contributed by atoms with Crippen LogP contribution in [0.5, 0.6) is 5.19 Å². The molecule has 3 heterocycles. The number of imidazole rings is 1. The van der Waals surface area contributed by atoms with Gasteiger partial charge in [0.15, 0.2) is 11.2 Å². The van der Waals surface area contributed by atoms with Crippen molar-refractivity contribution in [2.24, 2.45) is 5.41 Å².